The molecule has 1 aliphatic carbocycles. The molecule has 1 unspecified atom stereocenters. The lowest BCUT2D eigenvalue weighted by atomic mass is 9.82. The Morgan fingerprint density at radius 3 is 2.71 bits per heavy atom. The number of likely N-dealkylation sites (tertiary alicyclic amines) is 1. The Bertz CT molecular complexity index is 1220. The summed E-state index contributed by atoms with van der Waals surface area (Å²) >= 11 is 0. The molecule has 184 valence electrons. The van der Waals surface area contributed by atoms with Crippen molar-refractivity contribution in [2.45, 2.75) is 45.1 Å². The number of nitrogens with one attached hydrogen (secondary N) is 1. The van der Waals surface area contributed by atoms with Crippen LogP contribution < -0.4 is 5.32 Å². The van der Waals surface area contributed by atoms with Gasteiger partial charge in [0.15, 0.2) is 11.6 Å². The number of benzene rings is 1. The number of nitrogens with zero attached hydrogens (tertiary/aromatic N) is 2. The van der Waals surface area contributed by atoms with Gasteiger partial charge in [-0.25, -0.2) is 13.6 Å². The molecule has 1 aromatic heterocycles. The number of allylic oxidation sites excluding steroid dienone is 5. The molecule has 8 heteroatoms. The van der Waals surface area contributed by atoms with Gasteiger partial charge in [0.1, 0.15) is 0 Å². The fourth-order valence-corrected chi connectivity index (χ4v) is 5.08. The van der Waals surface area contributed by atoms with Crippen LogP contribution in [0.15, 0.2) is 52.6 Å². The van der Waals surface area contributed by atoms with Crippen LogP contribution in [0.3, 0.4) is 0 Å². The number of aromatic nitrogens is 1. The van der Waals surface area contributed by atoms with E-state index in [9.17, 15) is 13.6 Å². The van der Waals surface area contributed by atoms with Crippen molar-refractivity contribution < 1.29 is 22.8 Å². The van der Waals surface area contributed by atoms with E-state index >= 15 is 0 Å². The second-order valence-electron chi connectivity index (χ2n) is 9.64. The number of aryl methyl sites for hydroxylation is 1. The van der Waals surface area contributed by atoms with Crippen molar-refractivity contribution in [1.82, 2.24) is 10.1 Å². The number of hydrogen-bond donors (Lipinski definition) is 1. The van der Waals surface area contributed by atoms with Crippen molar-refractivity contribution in [2.24, 2.45) is 5.92 Å². The van der Waals surface area contributed by atoms with Crippen LogP contribution in [-0.2, 0) is 4.74 Å². The first-order valence-electron chi connectivity index (χ1n) is 12.0. The Morgan fingerprint density at radius 1 is 1.20 bits per heavy atom. The number of amides is 2. The molecule has 6 nitrogen and oxygen atoms in total. The van der Waals surface area contributed by atoms with Crippen molar-refractivity contribution in [3.63, 3.8) is 0 Å². The van der Waals surface area contributed by atoms with E-state index in [4.69, 9.17) is 9.26 Å². The summed E-state index contributed by atoms with van der Waals surface area (Å²) in [5.41, 5.74) is 4.08. The fourth-order valence-electron chi connectivity index (χ4n) is 5.08. The van der Waals surface area contributed by atoms with Crippen LogP contribution in [0.25, 0.3) is 5.57 Å². The molecule has 5 rings (SSSR count). The first-order chi connectivity index (χ1) is 16.8. The normalized spacial score (nSPS) is 21.6. The summed E-state index contributed by atoms with van der Waals surface area (Å²) in [5.74, 6) is -1.06. The maximum Gasteiger partial charge on any atom is 0.324 e. The third-order valence-corrected chi connectivity index (χ3v) is 7.43. The molecule has 2 aliphatic heterocycles. The standard InChI is InChI=1S/C27H29F2N3O3/c1-17-18(2)31-35-25(17)30-26(33)32-11-9-27(10-12-32)15-22(16-34-27)20-6-4-3-5-19(13-20)21-7-8-23(28)24(29)14-21/h3-5,7-8,13-14,22H,6,9-12,15-16H2,1-2H3,(H,30,33). The maximum absolute atomic E-state index is 13.8. The van der Waals surface area contributed by atoms with E-state index in [-0.39, 0.29) is 17.6 Å². The largest absolute Gasteiger partial charge is 0.374 e. The van der Waals surface area contributed by atoms with Gasteiger partial charge in [-0.05, 0) is 62.8 Å². The van der Waals surface area contributed by atoms with Crippen LogP contribution in [0, 0.1) is 31.4 Å². The van der Waals surface area contributed by atoms with Gasteiger partial charge in [0.25, 0.3) is 0 Å². The van der Waals surface area contributed by atoms with Gasteiger partial charge in [-0.1, -0.05) is 41.1 Å². The Morgan fingerprint density at radius 2 is 2.00 bits per heavy atom. The quantitative estimate of drug-likeness (QED) is 0.589. The zero-order valence-electron chi connectivity index (χ0n) is 19.9. The molecular formula is C27H29F2N3O3. The van der Waals surface area contributed by atoms with Crippen LogP contribution >= 0.6 is 0 Å². The predicted octanol–water partition coefficient (Wildman–Crippen LogP) is 5.94. The topological polar surface area (TPSA) is 67.6 Å². The lowest BCUT2D eigenvalue weighted by Crippen LogP contribution is -2.47. The highest BCUT2D eigenvalue weighted by atomic mass is 19.2. The van der Waals surface area contributed by atoms with Gasteiger partial charge < -0.3 is 14.2 Å². The van der Waals surface area contributed by atoms with Gasteiger partial charge in [0.05, 0.1) is 17.9 Å². The summed E-state index contributed by atoms with van der Waals surface area (Å²) in [5, 5.41) is 6.71. The number of rotatable bonds is 3. The molecule has 0 saturated carbocycles. The maximum atomic E-state index is 13.8. The van der Waals surface area contributed by atoms with E-state index in [2.05, 4.69) is 22.6 Å². The van der Waals surface area contributed by atoms with E-state index in [1.165, 1.54) is 11.6 Å². The molecule has 2 amide bonds. The van der Waals surface area contributed by atoms with Crippen LogP contribution in [0.5, 0.6) is 0 Å². The molecular weight excluding hydrogens is 452 g/mol. The smallest absolute Gasteiger partial charge is 0.324 e. The molecule has 2 saturated heterocycles. The average molecular weight is 482 g/mol. The highest BCUT2D eigenvalue weighted by Crippen LogP contribution is 2.43. The number of piperidine rings is 1. The van der Waals surface area contributed by atoms with Gasteiger partial charge >= 0.3 is 6.03 Å². The molecule has 3 heterocycles. The minimum atomic E-state index is -0.848. The van der Waals surface area contributed by atoms with Crippen LogP contribution in [0.4, 0.5) is 19.5 Å². The Labute approximate surface area is 203 Å². The van der Waals surface area contributed by atoms with E-state index in [0.717, 1.165) is 48.6 Å². The van der Waals surface area contributed by atoms with Gasteiger partial charge in [-0.3, -0.25) is 5.32 Å². The fraction of sp³-hybridized carbons (Fsp3) is 0.407. The number of ether oxygens (including phenoxy) is 1. The number of anilines is 1. The van der Waals surface area contributed by atoms with Crippen LogP contribution in [0.1, 0.15) is 42.5 Å². The van der Waals surface area contributed by atoms with Crippen molar-refractivity contribution in [3.05, 3.63) is 76.5 Å². The lowest BCUT2D eigenvalue weighted by Gasteiger charge is -2.38. The second kappa shape index (κ2) is 9.41. The monoisotopic (exact) mass is 481 g/mol. The number of carbonyl (C=O) groups excluding carboxylic acids is 1. The molecule has 1 aromatic carbocycles. The minimum Gasteiger partial charge on any atom is -0.374 e. The molecule has 2 aromatic rings. The first kappa shape index (κ1) is 23.5. The third kappa shape index (κ3) is 4.80. The van der Waals surface area contributed by atoms with E-state index in [0.29, 0.717) is 31.1 Å². The van der Waals surface area contributed by atoms with Gasteiger partial charge in [-0.2, -0.15) is 0 Å². The van der Waals surface area contributed by atoms with Crippen molar-refractivity contribution in [2.75, 3.05) is 25.0 Å². The van der Waals surface area contributed by atoms with Gasteiger partial charge in [0.2, 0.25) is 5.88 Å². The summed E-state index contributed by atoms with van der Waals surface area (Å²) in [4.78, 5) is 14.5. The molecule has 1 atom stereocenters. The highest BCUT2D eigenvalue weighted by molar-refractivity contribution is 5.88. The molecule has 0 bridgehead atoms. The van der Waals surface area contributed by atoms with E-state index < -0.39 is 11.6 Å². The molecule has 1 N–H and O–H groups in total. The van der Waals surface area contributed by atoms with Crippen molar-refractivity contribution >= 4 is 17.5 Å². The molecule has 3 aliphatic rings. The summed E-state index contributed by atoms with van der Waals surface area (Å²) < 4.78 is 38.8. The summed E-state index contributed by atoms with van der Waals surface area (Å²) in [7, 11) is 0. The van der Waals surface area contributed by atoms with Gasteiger partial charge in [0, 0.05) is 24.6 Å². The predicted molar refractivity (Wildman–Crippen MR) is 129 cm³/mol. The molecule has 0 radical (unpaired) electrons. The van der Waals surface area contributed by atoms with Crippen molar-refractivity contribution in [3.8, 4) is 0 Å². The number of hydrogen-bond acceptors (Lipinski definition) is 4. The minimum absolute atomic E-state index is 0.188. The Balaban J connectivity index is 1.22. The summed E-state index contributed by atoms with van der Waals surface area (Å²) in [6, 6.07) is 3.82. The van der Waals surface area contributed by atoms with E-state index in [1.807, 2.05) is 26.0 Å². The first-order valence-corrected chi connectivity index (χ1v) is 12.0. The number of carbonyl (C=O) groups is 1. The highest BCUT2D eigenvalue weighted by Gasteiger charge is 2.44. The number of urea groups is 1. The number of halogens is 2. The zero-order valence-corrected chi connectivity index (χ0v) is 19.9. The summed E-state index contributed by atoms with van der Waals surface area (Å²) in [6.45, 7) is 5.52. The second-order valence-corrected chi connectivity index (χ2v) is 9.64. The third-order valence-electron chi connectivity index (χ3n) is 7.43. The Kier molecular flexibility index (Phi) is 6.32. The van der Waals surface area contributed by atoms with E-state index in [1.54, 1.807) is 11.0 Å². The molecule has 2 fully saturated rings. The SMILES string of the molecule is Cc1noc(NC(=O)N2CCC3(CC2)CC(C2=CC(c4ccc(F)c(F)c4)=CC=CC2)CO3)c1C. The average Bonchev–Trinajstić information content (AvgIpc) is 3.29. The lowest BCUT2D eigenvalue weighted by molar-refractivity contribution is -0.0356. The van der Waals surface area contributed by atoms with Crippen LogP contribution in [0.2, 0.25) is 0 Å². The molecule has 1 spiro atoms. The summed E-state index contributed by atoms with van der Waals surface area (Å²) in [6.07, 6.45) is 11.3. The molecule has 35 heavy (non-hydrogen) atoms. The van der Waals surface area contributed by atoms with Crippen LogP contribution in [-0.4, -0.2) is 41.4 Å². The van der Waals surface area contributed by atoms with Gasteiger partial charge in [-0.15, -0.1) is 0 Å². The van der Waals surface area contributed by atoms with Crippen molar-refractivity contribution in [1.29, 1.82) is 0 Å². The Hall–Kier alpha value is -3.26. The zero-order chi connectivity index (χ0) is 24.6.